The van der Waals surface area contributed by atoms with Gasteiger partial charge in [0.2, 0.25) is 0 Å². The fraction of sp³-hybridized carbons (Fsp3) is 0.500. The predicted molar refractivity (Wildman–Crippen MR) is 76.5 cm³/mol. The van der Waals surface area contributed by atoms with E-state index in [1.54, 1.807) is 18.5 Å². The number of carbonyl (C=O) groups excluding carboxylic acids is 1. The molecule has 1 heterocycles. The molecule has 0 radical (unpaired) electrons. The summed E-state index contributed by atoms with van der Waals surface area (Å²) in [6, 6.07) is 0.358. The number of aromatic nitrogens is 2. The molecule has 0 aliphatic rings. The Hall–Kier alpha value is -2.11. The molecular weight excluding hydrogens is 258 g/mol. The molecule has 20 heavy (non-hydrogen) atoms. The SMILES string of the molecule is CCOc1ncc(C=CCNC(=O)OC(C)(C)C)cn1. The molecule has 0 aliphatic heterocycles. The van der Waals surface area contributed by atoms with Gasteiger partial charge >= 0.3 is 12.1 Å². The third-order valence-corrected chi connectivity index (χ3v) is 1.99. The Balaban J connectivity index is 2.36. The average Bonchev–Trinajstić information content (AvgIpc) is 2.35. The fourth-order valence-electron chi connectivity index (χ4n) is 1.27. The molecule has 6 heteroatoms. The molecule has 0 spiro atoms. The van der Waals surface area contributed by atoms with Crippen molar-refractivity contribution in [1.82, 2.24) is 15.3 Å². The maximum atomic E-state index is 11.4. The number of carbonyl (C=O) groups is 1. The van der Waals surface area contributed by atoms with Crippen molar-refractivity contribution in [2.45, 2.75) is 33.3 Å². The van der Waals surface area contributed by atoms with Gasteiger partial charge in [0.1, 0.15) is 5.60 Å². The van der Waals surface area contributed by atoms with Crippen molar-refractivity contribution >= 4 is 12.2 Å². The summed E-state index contributed by atoms with van der Waals surface area (Å²) in [7, 11) is 0. The van der Waals surface area contributed by atoms with Gasteiger partial charge < -0.3 is 14.8 Å². The van der Waals surface area contributed by atoms with E-state index in [1.165, 1.54) is 0 Å². The first-order valence-electron chi connectivity index (χ1n) is 6.49. The molecule has 0 fully saturated rings. The van der Waals surface area contributed by atoms with E-state index in [9.17, 15) is 4.79 Å². The van der Waals surface area contributed by atoms with E-state index in [4.69, 9.17) is 9.47 Å². The van der Waals surface area contributed by atoms with Gasteiger partial charge in [0.05, 0.1) is 6.61 Å². The summed E-state index contributed by atoms with van der Waals surface area (Å²) in [4.78, 5) is 19.4. The molecule has 0 saturated carbocycles. The smallest absolute Gasteiger partial charge is 0.407 e. The Morgan fingerprint density at radius 1 is 1.35 bits per heavy atom. The summed E-state index contributed by atoms with van der Waals surface area (Å²) >= 11 is 0. The Kier molecular flexibility index (Phi) is 5.96. The van der Waals surface area contributed by atoms with Crippen LogP contribution in [0, 0.1) is 0 Å². The van der Waals surface area contributed by atoms with Gasteiger partial charge in [-0.3, -0.25) is 0 Å². The summed E-state index contributed by atoms with van der Waals surface area (Å²) in [5.74, 6) is 0. The summed E-state index contributed by atoms with van der Waals surface area (Å²) in [6.07, 6.45) is 6.48. The van der Waals surface area contributed by atoms with Crippen LogP contribution in [0.2, 0.25) is 0 Å². The molecule has 110 valence electrons. The lowest BCUT2D eigenvalue weighted by Crippen LogP contribution is -2.32. The van der Waals surface area contributed by atoms with Crippen molar-refractivity contribution in [1.29, 1.82) is 0 Å². The van der Waals surface area contributed by atoms with E-state index in [0.717, 1.165) is 5.56 Å². The molecular formula is C14H21N3O3. The van der Waals surface area contributed by atoms with Gasteiger partial charge in [0.15, 0.2) is 0 Å². The summed E-state index contributed by atoms with van der Waals surface area (Å²) in [5, 5.41) is 2.63. The quantitative estimate of drug-likeness (QED) is 0.896. The van der Waals surface area contributed by atoms with Crippen LogP contribution in [0.3, 0.4) is 0 Å². The van der Waals surface area contributed by atoms with Crippen molar-refractivity contribution in [3.63, 3.8) is 0 Å². The first-order chi connectivity index (χ1) is 9.40. The lowest BCUT2D eigenvalue weighted by atomic mass is 10.2. The Morgan fingerprint density at radius 2 is 2.00 bits per heavy atom. The number of ether oxygens (including phenoxy) is 2. The Labute approximate surface area is 119 Å². The van der Waals surface area contributed by atoms with Crippen LogP contribution in [0.1, 0.15) is 33.3 Å². The van der Waals surface area contributed by atoms with Gasteiger partial charge in [-0.15, -0.1) is 0 Å². The van der Waals surface area contributed by atoms with Crippen LogP contribution in [0.15, 0.2) is 18.5 Å². The van der Waals surface area contributed by atoms with Crippen LogP contribution in [-0.2, 0) is 4.74 Å². The van der Waals surface area contributed by atoms with E-state index in [-0.39, 0.29) is 0 Å². The van der Waals surface area contributed by atoms with E-state index < -0.39 is 11.7 Å². The van der Waals surface area contributed by atoms with E-state index in [0.29, 0.717) is 19.2 Å². The summed E-state index contributed by atoms with van der Waals surface area (Å²) < 4.78 is 10.3. The van der Waals surface area contributed by atoms with Crippen molar-refractivity contribution in [3.8, 4) is 6.01 Å². The third kappa shape index (κ3) is 6.72. The monoisotopic (exact) mass is 279 g/mol. The van der Waals surface area contributed by atoms with Gasteiger partial charge in [-0.2, -0.15) is 0 Å². The molecule has 0 aromatic carbocycles. The first-order valence-corrected chi connectivity index (χ1v) is 6.49. The molecule has 0 bridgehead atoms. The van der Waals surface area contributed by atoms with Crippen LogP contribution in [-0.4, -0.2) is 34.8 Å². The van der Waals surface area contributed by atoms with E-state index in [2.05, 4.69) is 15.3 Å². The highest BCUT2D eigenvalue weighted by atomic mass is 16.6. The number of nitrogens with one attached hydrogen (secondary N) is 1. The van der Waals surface area contributed by atoms with Gasteiger partial charge in [0, 0.05) is 24.5 Å². The highest BCUT2D eigenvalue weighted by molar-refractivity contribution is 5.68. The van der Waals surface area contributed by atoms with Crippen LogP contribution >= 0.6 is 0 Å². The molecule has 0 atom stereocenters. The zero-order valence-corrected chi connectivity index (χ0v) is 12.3. The van der Waals surface area contributed by atoms with Gasteiger partial charge in [-0.05, 0) is 27.7 Å². The van der Waals surface area contributed by atoms with Crippen molar-refractivity contribution in [2.75, 3.05) is 13.2 Å². The molecule has 1 amide bonds. The summed E-state index contributed by atoms with van der Waals surface area (Å²) in [5.41, 5.74) is 0.343. The molecule has 0 aliphatic carbocycles. The Morgan fingerprint density at radius 3 is 2.55 bits per heavy atom. The number of hydrogen-bond acceptors (Lipinski definition) is 5. The highest BCUT2D eigenvalue weighted by Gasteiger charge is 2.14. The van der Waals surface area contributed by atoms with Crippen molar-refractivity contribution in [2.24, 2.45) is 0 Å². The largest absolute Gasteiger partial charge is 0.464 e. The zero-order chi connectivity index (χ0) is 15.0. The molecule has 0 unspecified atom stereocenters. The average molecular weight is 279 g/mol. The van der Waals surface area contributed by atoms with Gasteiger partial charge in [0.25, 0.3) is 0 Å². The second-order valence-corrected chi connectivity index (χ2v) is 5.02. The third-order valence-electron chi connectivity index (χ3n) is 1.99. The second kappa shape index (κ2) is 7.47. The normalized spacial score (nSPS) is 11.4. The standard InChI is InChI=1S/C14H21N3O3/c1-5-19-12-16-9-11(10-17-12)7-6-8-15-13(18)20-14(2,3)4/h6-7,9-10H,5,8H2,1-4H3,(H,15,18). The minimum atomic E-state index is -0.489. The van der Waals surface area contributed by atoms with Gasteiger partial charge in [-0.25, -0.2) is 14.8 Å². The van der Waals surface area contributed by atoms with E-state index in [1.807, 2.05) is 33.8 Å². The van der Waals surface area contributed by atoms with Gasteiger partial charge in [-0.1, -0.05) is 12.2 Å². The maximum absolute atomic E-state index is 11.4. The fourth-order valence-corrected chi connectivity index (χ4v) is 1.27. The molecule has 1 rings (SSSR count). The minimum absolute atomic E-state index is 0.358. The number of amides is 1. The molecule has 1 aromatic rings. The maximum Gasteiger partial charge on any atom is 0.407 e. The Bertz CT molecular complexity index is 450. The number of alkyl carbamates (subject to hydrolysis) is 1. The number of hydrogen-bond donors (Lipinski definition) is 1. The molecule has 1 aromatic heterocycles. The van der Waals surface area contributed by atoms with Crippen molar-refractivity contribution < 1.29 is 14.3 Å². The number of rotatable bonds is 5. The van der Waals surface area contributed by atoms with Crippen LogP contribution in [0.5, 0.6) is 6.01 Å². The minimum Gasteiger partial charge on any atom is -0.464 e. The second-order valence-electron chi connectivity index (χ2n) is 5.02. The molecule has 0 saturated heterocycles. The molecule has 6 nitrogen and oxygen atoms in total. The van der Waals surface area contributed by atoms with Crippen LogP contribution in [0.25, 0.3) is 6.08 Å². The van der Waals surface area contributed by atoms with Crippen LogP contribution in [0.4, 0.5) is 4.79 Å². The van der Waals surface area contributed by atoms with E-state index >= 15 is 0 Å². The number of nitrogens with zero attached hydrogens (tertiary/aromatic N) is 2. The lowest BCUT2D eigenvalue weighted by Gasteiger charge is -2.19. The highest BCUT2D eigenvalue weighted by Crippen LogP contribution is 2.06. The zero-order valence-electron chi connectivity index (χ0n) is 12.3. The molecule has 1 N–H and O–H groups in total. The van der Waals surface area contributed by atoms with Crippen LogP contribution < -0.4 is 10.1 Å². The summed E-state index contributed by atoms with van der Waals surface area (Å²) in [6.45, 7) is 8.25. The van der Waals surface area contributed by atoms with Crippen molar-refractivity contribution in [3.05, 3.63) is 24.0 Å². The first kappa shape index (κ1) is 15.9. The lowest BCUT2D eigenvalue weighted by molar-refractivity contribution is 0.0534. The predicted octanol–water partition coefficient (Wildman–Crippen LogP) is 2.41. The topological polar surface area (TPSA) is 73.3 Å².